The number of urea groups is 1. The molecule has 1 aromatic heterocycles. The molecule has 3 heterocycles. The largest absolute Gasteiger partial charge is 0.444 e. The number of rotatable bonds is 6. The summed E-state index contributed by atoms with van der Waals surface area (Å²) >= 11 is 6.33. The number of fused-ring (bicyclic) bond motifs is 1. The molecular formula is C32H39ClN6O4. The van der Waals surface area contributed by atoms with E-state index < -0.39 is 5.60 Å². The number of hydrogen-bond donors (Lipinski definition) is 1. The molecule has 2 aliphatic rings. The molecule has 0 aliphatic carbocycles. The van der Waals surface area contributed by atoms with E-state index in [0.717, 1.165) is 33.5 Å². The maximum Gasteiger partial charge on any atom is 0.410 e. The second kappa shape index (κ2) is 12.8. The van der Waals surface area contributed by atoms with Crippen molar-refractivity contribution in [3.05, 3.63) is 76.2 Å². The lowest BCUT2D eigenvalue weighted by Crippen LogP contribution is -2.46. The first-order valence-electron chi connectivity index (χ1n) is 14.5. The molecule has 3 amide bonds. The van der Waals surface area contributed by atoms with Gasteiger partial charge in [0.25, 0.3) is 0 Å². The molecule has 1 saturated heterocycles. The second-order valence-electron chi connectivity index (χ2n) is 12.0. The van der Waals surface area contributed by atoms with Crippen LogP contribution in [0.4, 0.5) is 15.4 Å². The smallest absolute Gasteiger partial charge is 0.410 e. The lowest BCUT2D eigenvalue weighted by Gasteiger charge is -2.30. The Kier molecular flexibility index (Phi) is 9.08. The monoisotopic (exact) mass is 606 g/mol. The third-order valence-electron chi connectivity index (χ3n) is 7.49. The van der Waals surface area contributed by atoms with Crippen molar-refractivity contribution >= 4 is 29.5 Å². The predicted octanol–water partition coefficient (Wildman–Crippen LogP) is 6.10. The number of anilines is 1. The van der Waals surface area contributed by atoms with Gasteiger partial charge in [0.2, 0.25) is 5.28 Å². The van der Waals surface area contributed by atoms with Crippen LogP contribution in [0.15, 0.2) is 48.5 Å². The van der Waals surface area contributed by atoms with E-state index in [4.69, 9.17) is 21.1 Å². The van der Waals surface area contributed by atoms with Crippen LogP contribution < -0.4 is 5.32 Å². The quantitative estimate of drug-likeness (QED) is 0.338. The number of hydrogen-bond acceptors (Lipinski definition) is 7. The van der Waals surface area contributed by atoms with Crippen LogP contribution in [0.2, 0.25) is 5.28 Å². The van der Waals surface area contributed by atoms with Gasteiger partial charge in [0.1, 0.15) is 11.4 Å². The van der Waals surface area contributed by atoms with E-state index in [1.807, 2.05) is 49.9 Å². The highest BCUT2D eigenvalue weighted by Gasteiger charge is 2.32. The summed E-state index contributed by atoms with van der Waals surface area (Å²) in [6.07, 6.45) is -0.366. The van der Waals surface area contributed by atoms with E-state index in [-0.39, 0.29) is 23.4 Å². The first-order valence-corrected chi connectivity index (χ1v) is 14.9. The van der Waals surface area contributed by atoms with Crippen LogP contribution in [0.25, 0.3) is 11.1 Å². The molecule has 1 atom stereocenters. The first kappa shape index (κ1) is 30.6. The van der Waals surface area contributed by atoms with Crippen molar-refractivity contribution in [1.29, 1.82) is 0 Å². The zero-order valence-electron chi connectivity index (χ0n) is 25.4. The average Bonchev–Trinajstić information content (AvgIpc) is 3.41. The van der Waals surface area contributed by atoms with E-state index in [2.05, 4.69) is 46.5 Å². The molecule has 1 N–H and O–H groups in total. The summed E-state index contributed by atoms with van der Waals surface area (Å²) in [6, 6.07) is 16.2. The predicted molar refractivity (Wildman–Crippen MR) is 166 cm³/mol. The highest BCUT2D eigenvalue weighted by Crippen LogP contribution is 2.33. The normalized spacial score (nSPS) is 15.6. The van der Waals surface area contributed by atoms with Gasteiger partial charge in [-0.25, -0.2) is 19.6 Å². The van der Waals surface area contributed by atoms with E-state index in [1.165, 1.54) is 0 Å². The fourth-order valence-corrected chi connectivity index (χ4v) is 5.48. The van der Waals surface area contributed by atoms with Crippen molar-refractivity contribution in [3.63, 3.8) is 0 Å². The van der Waals surface area contributed by atoms with E-state index in [9.17, 15) is 9.59 Å². The highest BCUT2D eigenvalue weighted by molar-refractivity contribution is 6.28. The van der Waals surface area contributed by atoms with Crippen LogP contribution in [0.5, 0.6) is 0 Å². The van der Waals surface area contributed by atoms with Crippen molar-refractivity contribution < 1.29 is 19.1 Å². The minimum absolute atomic E-state index is 0.0277. The van der Waals surface area contributed by atoms with Gasteiger partial charge in [0.15, 0.2) is 0 Å². The number of morpholine rings is 1. The van der Waals surface area contributed by atoms with Crippen molar-refractivity contribution in [2.45, 2.75) is 59.0 Å². The summed E-state index contributed by atoms with van der Waals surface area (Å²) in [7, 11) is 1.74. The zero-order valence-corrected chi connectivity index (χ0v) is 26.1. The zero-order chi connectivity index (χ0) is 30.7. The van der Waals surface area contributed by atoms with Gasteiger partial charge in [0, 0.05) is 38.3 Å². The molecule has 0 radical (unpaired) electrons. The molecule has 2 aromatic carbocycles. The van der Waals surface area contributed by atoms with Gasteiger partial charge in [0.05, 0.1) is 32.0 Å². The maximum atomic E-state index is 13.1. The summed E-state index contributed by atoms with van der Waals surface area (Å²) < 4.78 is 10.9. The van der Waals surface area contributed by atoms with E-state index in [0.29, 0.717) is 51.8 Å². The molecule has 1 unspecified atom stereocenters. The average molecular weight is 607 g/mol. The van der Waals surface area contributed by atoms with Gasteiger partial charge in [-0.2, -0.15) is 0 Å². The Morgan fingerprint density at radius 1 is 1.07 bits per heavy atom. The minimum atomic E-state index is -0.563. The van der Waals surface area contributed by atoms with E-state index >= 15 is 0 Å². The Balaban J connectivity index is 1.32. The summed E-state index contributed by atoms with van der Waals surface area (Å²) in [4.78, 5) is 39.9. The number of halogens is 1. The standard InChI is InChI=1S/C32H39ClN6O4/c1-21(34-28-26-19-39(20-27(26)35-29(33)36-28)30(40)38-13-15-42-16-14-38)22-10-8-11-23(17-22)25-12-7-6-9-24(25)18-37(5)31(41)43-32(2,3)4/h6-12,17,21H,13-16,18-20H2,1-5H3,(H,34,35,36). The Morgan fingerprint density at radius 2 is 1.81 bits per heavy atom. The molecular weight excluding hydrogens is 568 g/mol. The molecule has 2 aliphatic heterocycles. The lowest BCUT2D eigenvalue weighted by molar-refractivity contribution is 0.0285. The van der Waals surface area contributed by atoms with Gasteiger partial charge in [-0.1, -0.05) is 42.5 Å². The summed E-state index contributed by atoms with van der Waals surface area (Å²) in [5.41, 5.74) is 5.21. The number of amides is 3. The SMILES string of the molecule is CC(Nc1nc(Cl)nc2c1CN(C(=O)N1CCOCC1)C2)c1cccc(-c2ccccc2CN(C)C(=O)OC(C)(C)C)c1. The Bertz CT molecular complexity index is 1490. The molecule has 11 heteroatoms. The molecule has 0 saturated carbocycles. The maximum absolute atomic E-state index is 13.1. The van der Waals surface area contributed by atoms with Crippen LogP contribution in [0, 0.1) is 0 Å². The van der Waals surface area contributed by atoms with Gasteiger partial charge >= 0.3 is 12.1 Å². The van der Waals surface area contributed by atoms with Gasteiger partial charge < -0.3 is 29.5 Å². The molecule has 10 nitrogen and oxygen atoms in total. The van der Waals surface area contributed by atoms with Gasteiger partial charge in [-0.15, -0.1) is 0 Å². The van der Waals surface area contributed by atoms with Crippen LogP contribution >= 0.6 is 11.6 Å². The fraction of sp³-hybridized carbons (Fsp3) is 0.438. The van der Waals surface area contributed by atoms with Crippen LogP contribution in [-0.4, -0.2) is 75.7 Å². The third kappa shape index (κ3) is 7.37. The van der Waals surface area contributed by atoms with Crippen molar-refractivity contribution in [3.8, 4) is 11.1 Å². The second-order valence-corrected chi connectivity index (χ2v) is 12.3. The topological polar surface area (TPSA) is 100 Å². The highest BCUT2D eigenvalue weighted by atomic mass is 35.5. The van der Waals surface area contributed by atoms with Gasteiger partial charge in [-0.05, 0) is 67.6 Å². The van der Waals surface area contributed by atoms with Crippen molar-refractivity contribution in [1.82, 2.24) is 24.7 Å². The first-order chi connectivity index (χ1) is 20.5. The number of ether oxygens (including phenoxy) is 2. The number of carbonyl (C=O) groups excluding carboxylic acids is 2. The van der Waals surface area contributed by atoms with Crippen LogP contribution in [-0.2, 0) is 29.1 Å². The minimum Gasteiger partial charge on any atom is -0.444 e. The van der Waals surface area contributed by atoms with Crippen molar-refractivity contribution in [2.24, 2.45) is 0 Å². The molecule has 228 valence electrons. The number of nitrogens with zero attached hydrogens (tertiary/aromatic N) is 5. The Morgan fingerprint density at radius 3 is 2.56 bits per heavy atom. The lowest BCUT2D eigenvalue weighted by atomic mass is 9.96. The summed E-state index contributed by atoms with van der Waals surface area (Å²) in [5, 5.41) is 3.67. The third-order valence-corrected chi connectivity index (χ3v) is 7.66. The number of nitrogens with one attached hydrogen (secondary N) is 1. The molecule has 3 aromatic rings. The number of aromatic nitrogens is 2. The molecule has 0 bridgehead atoms. The Labute approximate surface area is 257 Å². The van der Waals surface area contributed by atoms with Crippen LogP contribution in [0.3, 0.4) is 0 Å². The summed E-state index contributed by atoms with van der Waals surface area (Å²) in [5.74, 6) is 0.629. The number of carbonyl (C=O) groups is 2. The number of benzene rings is 2. The molecule has 5 rings (SSSR count). The molecule has 0 spiro atoms. The van der Waals surface area contributed by atoms with Crippen LogP contribution in [0.1, 0.15) is 56.1 Å². The molecule has 1 fully saturated rings. The summed E-state index contributed by atoms with van der Waals surface area (Å²) in [6.45, 7) is 11.1. The van der Waals surface area contributed by atoms with Crippen molar-refractivity contribution in [2.75, 3.05) is 38.7 Å². The Hall–Kier alpha value is -3.89. The van der Waals surface area contributed by atoms with E-state index in [1.54, 1.807) is 16.8 Å². The fourth-order valence-electron chi connectivity index (χ4n) is 5.30. The molecule has 43 heavy (non-hydrogen) atoms. The van der Waals surface area contributed by atoms with Gasteiger partial charge in [-0.3, -0.25) is 0 Å².